The molecule has 2 atom stereocenters. The van der Waals surface area contributed by atoms with Gasteiger partial charge in [0.05, 0.1) is 24.7 Å². The van der Waals surface area contributed by atoms with E-state index in [-0.39, 0.29) is 36.0 Å². The van der Waals surface area contributed by atoms with Crippen LogP contribution in [0.25, 0.3) is 0 Å². The first-order valence-electron chi connectivity index (χ1n) is 8.15. The van der Waals surface area contributed by atoms with Crippen molar-refractivity contribution in [1.82, 2.24) is 0 Å². The average molecular weight is 336 g/mol. The van der Waals surface area contributed by atoms with Gasteiger partial charge in [-0.15, -0.1) is 0 Å². The third-order valence-corrected chi connectivity index (χ3v) is 3.67. The van der Waals surface area contributed by atoms with Gasteiger partial charge in [0.15, 0.2) is 5.78 Å². The Morgan fingerprint density at radius 3 is 2.71 bits per heavy atom. The van der Waals surface area contributed by atoms with Crippen LogP contribution in [0.1, 0.15) is 49.5 Å². The summed E-state index contributed by atoms with van der Waals surface area (Å²) in [4.78, 5) is 24.4. The van der Waals surface area contributed by atoms with Gasteiger partial charge in [0.2, 0.25) is 0 Å². The summed E-state index contributed by atoms with van der Waals surface area (Å²) in [6.45, 7) is 5.80. The Morgan fingerprint density at radius 2 is 2.08 bits per heavy atom. The van der Waals surface area contributed by atoms with Crippen LogP contribution in [0, 0.1) is 5.92 Å². The number of aromatic hydroxyl groups is 1. The summed E-state index contributed by atoms with van der Waals surface area (Å²) in [7, 11) is 0. The van der Waals surface area contributed by atoms with Crippen molar-refractivity contribution in [2.45, 2.75) is 52.2 Å². The van der Waals surface area contributed by atoms with Gasteiger partial charge in [0.25, 0.3) is 0 Å². The lowest BCUT2D eigenvalue weighted by Crippen LogP contribution is -2.30. The van der Waals surface area contributed by atoms with Crippen LogP contribution < -0.4 is 4.74 Å². The molecule has 0 unspecified atom stereocenters. The van der Waals surface area contributed by atoms with Crippen molar-refractivity contribution >= 4 is 11.8 Å². The van der Waals surface area contributed by atoms with Crippen molar-refractivity contribution in [3.05, 3.63) is 23.3 Å². The summed E-state index contributed by atoms with van der Waals surface area (Å²) in [5.41, 5.74) is 0.718. The Morgan fingerprint density at radius 1 is 1.38 bits per heavy atom. The number of rotatable bonds is 6. The molecule has 24 heavy (non-hydrogen) atoms. The third kappa shape index (κ3) is 4.71. The van der Waals surface area contributed by atoms with Gasteiger partial charge in [0, 0.05) is 18.9 Å². The highest BCUT2D eigenvalue weighted by Crippen LogP contribution is 2.35. The standard InChI is InChI=1S/C18H24O6/c1-10(2)9-23-17(22)6-12-5-13(20)7-16-18(12)15(21)8-14(24-16)4-11(3)19/h5,7,10-11,14,19-20H,4,6,8-9H2,1-3H3/t11-,14+/m0/s1. The molecule has 0 fully saturated rings. The van der Waals surface area contributed by atoms with E-state index in [0.29, 0.717) is 24.2 Å². The summed E-state index contributed by atoms with van der Waals surface area (Å²) in [6, 6.07) is 2.76. The number of phenols is 1. The fourth-order valence-electron chi connectivity index (χ4n) is 2.71. The number of aliphatic hydroxyl groups is 1. The number of carbonyl (C=O) groups is 2. The highest BCUT2D eigenvalue weighted by atomic mass is 16.5. The first-order chi connectivity index (χ1) is 11.3. The number of fused-ring (bicyclic) bond motifs is 1. The fraction of sp³-hybridized carbons (Fsp3) is 0.556. The highest BCUT2D eigenvalue weighted by Gasteiger charge is 2.30. The van der Waals surface area contributed by atoms with Crippen LogP contribution in [0.3, 0.4) is 0 Å². The molecule has 0 saturated carbocycles. The second-order valence-electron chi connectivity index (χ2n) is 6.68. The zero-order chi connectivity index (χ0) is 17.9. The minimum absolute atomic E-state index is 0.0779. The molecule has 1 aliphatic rings. The lowest BCUT2D eigenvalue weighted by molar-refractivity contribution is -0.143. The number of carbonyl (C=O) groups excluding carboxylic acids is 2. The van der Waals surface area contributed by atoms with E-state index in [1.54, 1.807) is 6.92 Å². The van der Waals surface area contributed by atoms with Crippen LogP contribution in [-0.2, 0) is 16.0 Å². The summed E-state index contributed by atoms with van der Waals surface area (Å²) in [6.07, 6.45) is -0.664. The predicted molar refractivity (Wildman–Crippen MR) is 87.3 cm³/mol. The normalized spacial score (nSPS) is 18.0. The molecule has 6 heteroatoms. The number of phenolic OH excluding ortho intramolecular Hbond substituents is 1. The van der Waals surface area contributed by atoms with Gasteiger partial charge in [-0.2, -0.15) is 0 Å². The molecule has 132 valence electrons. The first-order valence-corrected chi connectivity index (χ1v) is 8.15. The number of ether oxygens (including phenoxy) is 2. The van der Waals surface area contributed by atoms with Crippen LogP contribution >= 0.6 is 0 Å². The van der Waals surface area contributed by atoms with Gasteiger partial charge in [0.1, 0.15) is 17.6 Å². The molecule has 0 amide bonds. The van der Waals surface area contributed by atoms with E-state index in [9.17, 15) is 19.8 Å². The number of aliphatic hydroxyl groups excluding tert-OH is 1. The zero-order valence-corrected chi connectivity index (χ0v) is 14.2. The number of benzene rings is 1. The quantitative estimate of drug-likeness (QED) is 0.774. The van der Waals surface area contributed by atoms with Crippen molar-refractivity contribution in [3.8, 4) is 11.5 Å². The van der Waals surface area contributed by atoms with Gasteiger partial charge in [-0.3, -0.25) is 9.59 Å². The minimum atomic E-state index is -0.591. The first kappa shape index (κ1) is 18.3. The Bertz CT molecular complexity index is 620. The highest BCUT2D eigenvalue weighted by molar-refractivity contribution is 6.02. The van der Waals surface area contributed by atoms with E-state index in [2.05, 4.69) is 0 Å². The van der Waals surface area contributed by atoms with E-state index in [1.807, 2.05) is 13.8 Å². The molecule has 1 aliphatic heterocycles. The molecular formula is C18H24O6. The van der Waals surface area contributed by atoms with Crippen molar-refractivity contribution < 1.29 is 29.3 Å². The maximum absolute atomic E-state index is 12.5. The summed E-state index contributed by atoms with van der Waals surface area (Å²) in [5.74, 6) is -0.211. The van der Waals surface area contributed by atoms with Crippen LogP contribution in [-0.4, -0.2) is 40.8 Å². The molecule has 1 aromatic rings. The fourth-order valence-corrected chi connectivity index (χ4v) is 2.71. The molecular weight excluding hydrogens is 312 g/mol. The van der Waals surface area contributed by atoms with E-state index in [4.69, 9.17) is 9.47 Å². The molecule has 0 saturated heterocycles. The SMILES string of the molecule is CC(C)COC(=O)Cc1cc(O)cc2c1C(=O)C[C@@H](C[C@H](C)O)O2. The van der Waals surface area contributed by atoms with Gasteiger partial charge >= 0.3 is 5.97 Å². The van der Waals surface area contributed by atoms with Crippen molar-refractivity contribution in [1.29, 1.82) is 0 Å². The molecule has 0 aliphatic carbocycles. The van der Waals surface area contributed by atoms with Crippen molar-refractivity contribution in [2.24, 2.45) is 5.92 Å². The second kappa shape index (κ2) is 7.66. The summed E-state index contributed by atoms with van der Waals surface area (Å²) >= 11 is 0. The van der Waals surface area contributed by atoms with Gasteiger partial charge in [-0.1, -0.05) is 13.8 Å². The van der Waals surface area contributed by atoms with E-state index in [1.165, 1.54) is 12.1 Å². The molecule has 0 bridgehead atoms. The van der Waals surface area contributed by atoms with Crippen molar-refractivity contribution in [2.75, 3.05) is 6.61 Å². The molecule has 1 heterocycles. The minimum Gasteiger partial charge on any atom is -0.508 e. The molecule has 0 aromatic heterocycles. The van der Waals surface area contributed by atoms with Crippen LogP contribution in [0.2, 0.25) is 0 Å². The smallest absolute Gasteiger partial charge is 0.310 e. The summed E-state index contributed by atoms with van der Waals surface area (Å²) in [5, 5.41) is 19.3. The van der Waals surface area contributed by atoms with E-state index < -0.39 is 18.2 Å². The van der Waals surface area contributed by atoms with E-state index in [0.717, 1.165) is 0 Å². The van der Waals surface area contributed by atoms with Gasteiger partial charge < -0.3 is 19.7 Å². The molecule has 6 nitrogen and oxygen atoms in total. The number of esters is 1. The van der Waals surface area contributed by atoms with Gasteiger partial charge in [-0.05, 0) is 24.5 Å². The summed E-state index contributed by atoms with van der Waals surface area (Å²) < 4.78 is 10.9. The van der Waals surface area contributed by atoms with Crippen LogP contribution in [0.4, 0.5) is 0 Å². The maximum Gasteiger partial charge on any atom is 0.310 e. The molecule has 0 radical (unpaired) electrons. The second-order valence-corrected chi connectivity index (χ2v) is 6.68. The Balaban J connectivity index is 2.21. The Kier molecular flexibility index (Phi) is 5.83. The Hall–Kier alpha value is -2.08. The van der Waals surface area contributed by atoms with Gasteiger partial charge in [-0.25, -0.2) is 0 Å². The molecule has 2 N–H and O–H groups in total. The lowest BCUT2D eigenvalue weighted by Gasteiger charge is -2.27. The van der Waals surface area contributed by atoms with Crippen molar-refractivity contribution in [3.63, 3.8) is 0 Å². The third-order valence-electron chi connectivity index (χ3n) is 3.67. The topological polar surface area (TPSA) is 93.1 Å². The molecule has 2 rings (SSSR count). The predicted octanol–water partition coefficient (Wildman–Crippen LogP) is 2.24. The monoisotopic (exact) mass is 336 g/mol. The number of hydrogen-bond donors (Lipinski definition) is 2. The van der Waals surface area contributed by atoms with E-state index >= 15 is 0 Å². The molecule has 1 aromatic carbocycles. The number of hydrogen-bond acceptors (Lipinski definition) is 6. The number of Topliss-reactive ketones (excluding diaryl/α,β-unsaturated/α-hetero) is 1. The Labute approximate surface area is 141 Å². The average Bonchev–Trinajstić information content (AvgIpc) is 2.43. The van der Waals surface area contributed by atoms with Crippen LogP contribution in [0.5, 0.6) is 11.5 Å². The maximum atomic E-state index is 12.5. The van der Waals surface area contributed by atoms with Crippen LogP contribution in [0.15, 0.2) is 12.1 Å². The molecule has 0 spiro atoms. The largest absolute Gasteiger partial charge is 0.508 e. The zero-order valence-electron chi connectivity index (χ0n) is 14.2. The lowest BCUT2D eigenvalue weighted by atomic mass is 9.92. The number of ketones is 1.